The van der Waals surface area contributed by atoms with Crippen molar-refractivity contribution in [1.29, 1.82) is 0 Å². The fraction of sp³-hybridized carbons (Fsp3) is 0. The highest BCUT2D eigenvalue weighted by atomic mass is 32.1. The normalized spacial score (nSPS) is 12.1. The van der Waals surface area contributed by atoms with E-state index in [2.05, 4.69) is 150 Å². The van der Waals surface area contributed by atoms with E-state index in [1.807, 2.05) is 53.8 Å². The monoisotopic (exact) mass is 721 g/mol. The summed E-state index contributed by atoms with van der Waals surface area (Å²) in [6, 6.07) is 65.8. The Bertz CT molecular complexity index is 3030. The van der Waals surface area contributed by atoms with Gasteiger partial charge in [0.2, 0.25) is 0 Å². The van der Waals surface area contributed by atoms with Crippen LogP contribution in [0.1, 0.15) is 0 Å². The molecule has 10 aromatic rings. The van der Waals surface area contributed by atoms with E-state index >= 15 is 0 Å². The Morgan fingerprint density at radius 2 is 1.04 bits per heavy atom. The molecule has 2 aromatic heterocycles. The minimum absolute atomic E-state index is 0.688. The maximum absolute atomic E-state index is 6.86. The first kappa shape index (κ1) is 31.4. The van der Waals surface area contributed by atoms with Crippen LogP contribution in [0.3, 0.4) is 0 Å². The van der Waals surface area contributed by atoms with Gasteiger partial charge in [0.15, 0.2) is 17.3 Å². The molecule has 8 aromatic carbocycles. The van der Waals surface area contributed by atoms with Gasteiger partial charge in [0, 0.05) is 43.2 Å². The molecule has 258 valence electrons. The second-order valence-corrected chi connectivity index (χ2v) is 14.8. The van der Waals surface area contributed by atoms with E-state index in [1.165, 1.54) is 25.6 Å². The Balaban J connectivity index is 1.08. The molecule has 4 nitrogen and oxygen atoms in total. The lowest BCUT2D eigenvalue weighted by molar-refractivity contribution is 0.483. The molecule has 0 atom stereocenters. The number of thiophene rings is 1. The molecule has 0 unspecified atom stereocenters. The third-order valence-electron chi connectivity index (χ3n) is 10.4. The summed E-state index contributed by atoms with van der Waals surface area (Å²) in [6.07, 6.45) is 0. The second-order valence-electron chi connectivity index (χ2n) is 13.8. The predicted octanol–water partition coefficient (Wildman–Crippen LogP) is 14.2. The summed E-state index contributed by atoms with van der Waals surface area (Å²) in [5.41, 5.74) is 10.2. The molecule has 1 aliphatic rings. The van der Waals surface area contributed by atoms with E-state index in [0.29, 0.717) is 5.82 Å². The molecular weight excluding hydrogens is 691 g/mol. The average Bonchev–Trinajstić information content (AvgIpc) is 3.66. The topological polar surface area (TPSA) is 38.2 Å². The maximum Gasteiger partial charge on any atom is 0.160 e. The minimum atomic E-state index is 0.688. The molecule has 1 aliphatic heterocycles. The van der Waals surface area contributed by atoms with Gasteiger partial charge in [0.05, 0.1) is 21.8 Å². The molecule has 0 N–H and O–H groups in total. The van der Waals surface area contributed by atoms with Crippen LogP contribution >= 0.6 is 11.3 Å². The van der Waals surface area contributed by atoms with Crippen LogP contribution in [-0.2, 0) is 0 Å². The van der Waals surface area contributed by atoms with E-state index < -0.39 is 0 Å². The van der Waals surface area contributed by atoms with Gasteiger partial charge in [-0.1, -0.05) is 146 Å². The smallest absolute Gasteiger partial charge is 0.160 e. The highest BCUT2D eigenvalue weighted by Gasteiger charge is 2.31. The molecule has 5 heteroatoms. The lowest BCUT2D eigenvalue weighted by atomic mass is 9.98. The van der Waals surface area contributed by atoms with Crippen LogP contribution in [0.5, 0.6) is 11.5 Å². The number of hydrogen-bond acceptors (Lipinski definition) is 5. The summed E-state index contributed by atoms with van der Waals surface area (Å²) in [4.78, 5) is 12.6. The highest BCUT2D eigenvalue weighted by molar-refractivity contribution is 7.26. The van der Waals surface area contributed by atoms with E-state index in [9.17, 15) is 0 Å². The van der Waals surface area contributed by atoms with Gasteiger partial charge in [-0.15, -0.1) is 11.3 Å². The number of para-hydroxylation sites is 2. The van der Waals surface area contributed by atoms with Gasteiger partial charge in [-0.25, -0.2) is 9.97 Å². The summed E-state index contributed by atoms with van der Waals surface area (Å²) >= 11 is 1.83. The van der Waals surface area contributed by atoms with Gasteiger partial charge >= 0.3 is 0 Å². The lowest BCUT2D eigenvalue weighted by Crippen LogP contribution is -2.16. The number of hydrogen-bond donors (Lipinski definition) is 0. The Kier molecular flexibility index (Phi) is 7.32. The number of nitrogens with zero attached hydrogens (tertiary/aromatic N) is 3. The summed E-state index contributed by atoms with van der Waals surface area (Å²) in [6.45, 7) is 0. The largest absolute Gasteiger partial charge is 0.452 e. The first-order chi connectivity index (χ1) is 27.3. The van der Waals surface area contributed by atoms with Crippen molar-refractivity contribution in [3.8, 4) is 56.5 Å². The number of anilines is 3. The SMILES string of the molecule is c1ccc(-c2cc(-c3ccccc3)nc(-c3cccc(-c4cccc(N5c6ccccc6Oc6c5c5sc7ccccc7c5c5ccccc65)c4)c3)n2)cc1. The number of benzene rings is 8. The van der Waals surface area contributed by atoms with Gasteiger partial charge in [0.1, 0.15) is 5.69 Å². The van der Waals surface area contributed by atoms with Gasteiger partial charge < -0.3 is 9.64 Å². The van der Waals surface area contributed by atoms with Crippen LogP contribution in [-0.4, -0.2) is 9.97 Å². The Morgan fingerprint density at radius 3 is 1.80 bits per heavy atom. The number of rotatable bonds is 5. The molecule has 0 amide bonds. The molecule has 0 saturated heterocycles. The van der Waals surface area contributed by atoms with Crippen LogP contribution in [0, 0.1) is 0 Å². The molecule has 3 heterocycles. The molecule has 0 saturated carbocycles. The van der Waals surface area contributed by atoms with Crippen molar-refractivity contribution >= 4 is 59.3 Å². The van der Waals surface area contributed by atoms with E-state index in [0.717, 1.165) is 73.2 Å². The minimum Gasteiger partial charge on any atom is -0.452 e. The van der Waals surface area contributed by atoms with Gasteiger partial charge in [-0.3, -0.25) is 0 Å². The third-order valence-corrected chi connectivity index (χ3v) is 11.6. The fourth-order valence-electron chi connectivity index (χ4n) is 7.89. The summed E-state index contributed by atoms with van der Waals surface area (Å²) in [5.74, 6) is 2.40. The average molecular weight is 722 g/mol. The van der Waals surface area contributed by atoms with Crippen LogP contribution in [0.25, 0.3) is 76.0 Å². The van der Waals surface area contributed by atoms with E-state index in [1.54, 1.807) is 0 Å². The van der Waals surface area contributed by atoms with Crippen molar-refractivity contribution in [2.75, 3.05) is 4.90 Å². The third kappa shape index (κ3) is 5.28. The molecule has 0 radical (unpaired) electrons. The van der Waals surface area contributed by atoms with Gasteiger partial charge in [0.25, 0.3) is 0 Å². The Hall–Kier alpha value is -7.08. The summed E-state index contributed by atoms with van der Waals surface area (Å²) in [7, 11) is 0. The molecular formula is C50H31N3OS. The van der Waals surface area contributed by atoms with Crippen molar-refractivity contribution < 1.29 is 4.74 Å². The van der Waals surface area contributed by atoms with Crippen molar-refractivity contribution in [3.63, 3.8) is 0 Å². The van der Waals surface area contributed by atoms with Crippen LogP contribution in [0.15, 0.2) is 188 Å². The quantitative estimate of drug-likeness (QED) is 0.177. The van der Waals surface area contributed by atoms with Crippen molar-refractivity contribution in [2.45, 2.75) is 0 Å². The molecule has 0 fully saturated rings. The zero-order chi connectivity index (χ0) is 36.3. The first-order valence-corrected chi connectivity index (χ1v) is 19.2. The second kappa shape index (κ2) is 12.8. The summed E-state index contributed by atoms with van der Waals surface area (Å²) < 4.78 is 9.33. The van der Waals surface area contributed by atoms with E-state index in [-0.39, 0.29) is 0 Å². The molecule has 0 aliphatic carbocycles. The maximum atomic E-state index is 6.86. The molecule has 55 heavy (non-hydrogen) atoms. The number of ether oxygens (including phenoxy) is 1. The first-order valence-electron chi connectivity index (χ1n) is 18.4. The standard InChI is InChI=1S/C50H31N3OS/c1-3-15-32(16-4-1)41-31-42(33-17-5-2-6-18-33)52-50(51-41)36-21-13-19-34(29-36)35-20-14-22-37(30-35)53-43-26-10-11-27-44(43)54-48-39-24-8-7-23-38(39)46-40-25-9-12-28-45(40)55-49(46)47(48)53/h1-31H. The van der Waals surface area contributed by atoms with Crippen LogP contribution in [0.2, 0.25) is 0 Å². The van der Waals surface area contributed by atoms with Crippen LogP contribution < -0.4 is 9.64 Å². The molecule has 11 rings (SSSR count). The zero-order valence-electron chi connectivity index (χ0n) is 29.6. The predicted molar refractivity (Wildman–Crippen MR) is 229 cm³/mol. The Morgan fingerprint density at radius 1 is 0.455 bits per heavy atom. The zero-order valence-corrected chi connectivity index (χ0v) is 30.4. The van der Waals surface area contributed by atoms with Crippen LogP contribution in [0.4, 0.5) is 17.1 Å². The number of aromatic nitrogens is 2. The highest BCUT2D eigenvalue weighted by Crippen LogP contribution is 2.58. The lowest BCUT2D eigenvalue weighted by Gasteiger charge is -2.34. The fourth-order valence-corrected chi connectivity index (χ4v) is 9.14. The summed E-state index contributed by atoms with van der Waals surface area (Å²) in [5, 5.41) is 4.83. The van der Waals surface area contributed by atoms with Crippen molar-refractivity contribution in [3.05, 3.63) is 188 Å². The van der Waals surface area contributed by atoms with Crippen molar-refractivity contribution in [1.82, 2.24) is 9.97 Å². The van der Waals surface area contributed by atoms with E-state index in [4.69, 9.17) is 14.7 Å². The van der Waals surface area contributed by atoms with Gasteiger partial charge in [-0.2, -0.15) is 0 Å². The molecule has 0 bridgehead atoms. The Labute approximate surface area is 322 Å². The molecule has 0 spiro atoms. The van der Waals surface area contributed by atoms with Crippen molar-refractivity contribution in [2.24, 2.45) is 0 Å². The number of fused-ring (bicyclic) bond motifs is 9. The van der Waals surface area contributed by atoms with Gasteiger partial charge in [-0.05, 0) is 59.0 Å².